The van der Waals surface area contributed by atoms with Gasteiger partial charge in [-0.1, -0.05) is 0 Å². The van der Waals surface area contributed by atoms with Crippen molar-refractivity contribution >= 4 is 13.8 Å². The quantitative estimate of drug-likeness (QED) is 0.220. The van der Waals surface area contributed by atoms with Crippen LogP contribution in [0.1, 0.15) is 12.8 Å². The molecule has 0 aromatic carbocycles. The second-order valence-electron chi connectivity index (χ2n) is 2.62. The fraction of sp³-hybridized carbons (Fsp3) is 0.833. The predicted octanol–water partition coefficient (Wildman–Crippen LogP) is -3.16. The molecule has 12 heteroatoms. The molecule has 0 spiro atoms. The molecule has 0 radical (unpaired) electrons. The van der Waals surface area contributed by atoms with Gasteiger partial charge in [0.2, 0.25) is 0 Å². The molecule has 0 rings (SSSR count). The minimum Gasteiger partial charge on any atom is -0.756 e. The number of rotatable bonds is 5. The standard InChI is InChI=1S/C6H13NO3.2H3N.H3O4P.Pt/c7-3-1-2-5(4-8)6(9)10;;;1-5(2,3)4;/h5,8H,1-4,7H2,(H,9,10);2*1H3;(H3,1,2,3,4);/q;;;;+2/p-2. The third-order valence-electron chi connectivity index (χ3n) is 1.31. The molecule has 10 nitrogen and oxygen atoms in total. The van der Waals surface area contributed by atoms with Gasteiger partial charge >= 0.3 is 21.1 Å². The topological polar surface area (TPSA) is 237 Å². The third-order valence-corrected chi connectivity index (χ3v) is 1.31. The number of hydrogen-bond acceptors (Lipinski definition) is 8. The van der Waals surface area contributed by atoms with E-state index in [-0.39, 0.29) is 40.0 Å². The van der Waals surface area contributed by atoms with Crippen molar-refractivity contribution in [3.05, 3.63) is 0 Å². The van der Waals surface area contributed by atoms with Crippen LogP contribution in [0.5, 0.6) is 0 Å². The van der Waals surface area contributed by atoms with Gasteiger partial charge in [-0.25, -0.2) is 0 Å². The van der Waals surface area contributed by atoms with Crippen molar-refractivity contribution in [1.82, 2.24) is 12.3 Å². The molecule has 0 amide bonds. The van der Waals surface area contributed by atoms with Crippen LogP contribution in [0, 0.1) is 5.92 Å². The van der Waals surface area contributed by atoms with Gasteiger partial charge in [-0.3, -0.25) is 4.57 Å². The van der Waals surface area contributed by atoms with E-state index in [1.54, 1.807) is 0 Å². The number of aliphatic carboxylic acids is 1. The van der Waals surface area contributed by atoms with E-state index in [1.807, 2.05) is 0 Å². The molecular weight excluding hydrogens is 452 g/mol. The monoisotopic (exact) mass is 472 g/mol. The molecular formula is C6H20N3O7PPt. The minimum absolute atomic E-state index is 0. The van der Waals surface area contributed by atoms with Gasteiger partial charge in [0, 0.05) is 11.9 Å². The van der Waals surface area contributed by atoms with Gasteiger partial charge < -0.3 is 47.7 Å². The number of hydrogen-bond donors (Lipinski definition) is 6. The Morgan fingerprint density at radius 3 is 1.83 bits per heavy atom. The molecule has 18 heavy (non-hydrogen) atoms. The first-order chi connectivity index (χ1) is 6.72. The van der Waals surface area contributed by atoms with E-state index in [0.29, 0.717) is 19.4 Å². The number of aliphatic hydroxyl groups excluding tert-OH is 1. The summed E-state index contributed by atoms with van der Waals surface area (Å²) in [6.45, 7) is 0.0894. The summed E-state index contributed by atoms with van der Waals surface area (Å²) in [6, 6.07) is 0. The molecule has 0 aromatic heterocycles. The Hall–Kier alpha value is 0.108. The zero-order valence-electron chi connectivity index (χ0n) is 9.64. The zero-order valence-corrected chi connectivity index (χ0v) is 12.8. The second kappa shape index (κ2) is 17.1. The SMILES string of the molecule is N.N.NCCCC(CO)C(=O)[O-].O=P([O-])(O)O.[Pt+2]. The number of carboxylic acid groups (broad SMARTS) is 1. The van der Waals surface area contributed by atoms with Crippen molar-refractivity contribution < 1.29 is 55.3 Å². The van der Waals surface area contributed by atoms with E-state index in [9.17, 15) is 9.90 Å². The zero-order chi connectivity index (χ0) is 12.5. The average molecular weight is 472 g/mol. The fourth-order valence-corrected chi connectivity index (χ4v) is 0.648. The van der Waals surface area contributed by atoms with E-state index in [1.165, 1.54) is 0 Å². The van der Waals surface area contributed by atoms with E-state index < -0.39 is 19.7 Å². The summed E-state index contributed by atoms with van der Waals surface area (Å²) >= 11 is 0. The molecule has 0 saturated carbocycles. The smallest absolute Gasteiger partial charge is 0.756 e. The maximum Gasteiger partial charge on any atom is 2.00 e. The van der Waals surface area contributed by atoms with Crippen LogP contribution in [0.2, 0.25) is 0 Å². The Morgan fingerprint density at radius 1 is 1.33 bits per heavy atom. The van der Waals surface area contributed by atoms with Crippen molar-refractivity contribution in [1.29, 1.82) is 0 Å². The fourth-order valence-electron chi connectivity index (χ4n) is 0.648. The van der Waals surface area contributed by atoms with E-state index in [2.05, 4.69) is 0 Å². The molecule has 0 aliphatic carbocycles. The van der Waals surface area contributed by atoms with Crippen LogP contribution in [-0.2, 0) is 30.4 Å². The van der Waals surface area contributed by atoms with Crippen LogP contribution in [0.25, 0.3) is 0 Å². The molecule has 0 aliphatic heterocycles. The Morgan fingerprint density at radius 2 is 1.67 bits per heavy atom. The molecule has 116 valence electrons. The van der Waals surface area contributed by atoms with Gasteiger partial charge in [-0.2, -0.15) is 0 Å². The molecule has 0 heterocycles. The number of phosphoric acid groups is 1. The number of carbonyl (C=O) groups excluding carboxylic acids is 1. The van der Waals surface area contributed by atoms with Crippen LogP contribution >= 0.6 is 7.82 Å². The minimum atomic E-state index is -4.89. The number of aliphatic hydroxyl groups is 1. The molecule has 0 fully saturated rings. The van der Waals surface area contributed by atoms with Crippen molar-refractivity contribution in [2.45, 2.75) is 12.8 Å². The molecule has 0 saturated heterocycles. The summed E-state index contributed by atoms with van der Waals surface area (Å²) in [7, 11) is -4.89. The maximum atomic E-state index is 10.1. The number of nitrogens with two attached hydrogens (primary N) is 1. The molecule has 0 bridgehead atoms. The number of carbonyl (C=O) groups is 1. The molecule has 0 aromatic rings. The Kier molecular flexibility index (Phi) is 29.3. The first-order valence-corrected chi connectivity index (χ1v) is 5.53. The van der Waals surface area contributed by atoms with Crippen LogP contribution in [0.3, 0.4) is 0 Å². The van der Waals surface area contributed by atoms with Gasteiger partial charge in [0.15, 0.2) is 0 Å². The molecule has 0 aliphatic rings. The largest absolute Gasteiger partial charge is 2.00 e. The van der Waals surface area contributed by atoms with Gasteiger partial charge in [0.05, 0.1) is 6.61 Å². The third kappa shape index (κ3) is 36.0. The molecule has 1 unspecified atom stereocenters. The second-order valence-corrected chi connectivity index (χ2v) is 3.60. The number of carboxylic acids is 1. The average Bonchev–Trinajstić information content (AvgIpc) is 2.02. The Balaban J connectivity index is -0.0000000621. The van der Waals surface area contributed by atoms with Crippen molar-refractivity contribution in [3.8, 4) is 0 Å². The van der Waals surface area contributed by atoms with Crippen molar-refractivity contribution in [3.63, 3.8) is 0 Å². The van der Waals surface area contributed by atoms with Gasteiger partial charge in [0.1, 0.15) is 0 Å². The summed E-state index contributed by atoms with van der Waals surface area (Å²) in [5.41, 5.74) is 5.14. The van der Waals surface area contributed by atoms with E-state index >= 15 is 0 Å². The van der Waals surface area contributed by atoms with E-state index in [0.717, 1.165) is 0 Å². The first-order valence-electron chi connectivity index (χ1n) is 4.00. The van der Waals surface area contributed by atoms with Gasteiger partial charge in [-0.15, -0.1) is 0 Å². The maximum absolute atomic E-state index is 10.1. The Bertz CT molecular complexity index is 219. The van der Waals surface area contributed by atoms with Crippen molar-refractivity contribution in [2.24, 2.45) is 11.7 Å². The predicted molar refractivity (Wildman–Crippen MR) is 56.0 cm³/mol. The van der Waals surface area contributed by atoms with Crippen LogP contribution in [-0.4, -0.2) is 34.0 Å². The van der Waals surface area contributed by atoms with Crippen molar-refractivity contribution in [2.75, 3.05) is 13.2 Å². The summed E-state index contributed by atoms with van der Waals surface area (Å²) in [5.74, 6) is -1.94. The molecule has 11 N–H and O–H groups in total. The summed E-state index contributed by atoms with van der Waals surface area (Å²) < 4.78 is 8.77. The normalized spacial score (nSPS) is 10.5. The van der Waals surface area contributed by atoms with Crippen LogP contribution in [0.15, 0.2) is 0 Å². The van der Waals surface area contributed by atoms with Crippen LogP contribution < -0.4 is 28.0 Å². The summed E-state index contributed by atoms with van der Waals surface area (Å²) in [5, 5.41) is 18.6. The van der Waals surface area contributed by atoms with Gasteiger partial charge in [-0.05, 0) is 19.4 Å². The summed E-state index contributed by atoms with van der Waals surface area (Å²) in [4.78, 5) is 33.0. The Labute approximate surface area is 119 Å². The van der Waals surface area contributed by atoms with E-state index in [4.69, 9.17) is 30.1 Å². The summed E-state index contributed by atoms with van der Waals surface area (Å²) in [6.07, 6.45) is 1.01. The van der Waals surface area contributed by atoms with Crippen LogP contribution in [0.4, 0.5) is 0 Å². The van der Waals surface area contributed by atoms with Gasteiger partial charge in [0.25, 0.3) is 7.82 Å². The molecule has 1 atom stereocenters. The first kappa shape index (κ1) is 30.8.